The summed E-state index contributed by atoms with van der Waals surface area (Å²) in [6, 6.07) is 6.40. The van der Waals surface area contributed by atoms with Crippen LogP contribution in [-0.2, 0) is 19.1 Å². The van der Waals surface area contributed by atoms with E-state index in [1.807, 2.05) is 19.9 Å². The van der Waals surface area contributed by atoms with Crippen LogP contribution in [0.15, 0.2) is 36.4 Å². The maximum absolute atomic E-state index is 12.6. The molecule has 0 spiro atoms. The minimum atomic E-state index is -0.728. The number of rotatable bonds is 11. The fourth-order valence-corrected chi connectivity index (χ4v) is 2.99. The first-order valence-corrected chi connectivity index (χ1v) is 10.2. The molecule has 0 bridgehead atoms. The van der Waals surface area contributed by atoms with E-state index < -0.39 is 12.0 Å². The third-order valence-corrected chi connectivity index (χ3v) is 4.54. The second kappa shape index (κ2) is 12.0. The summed E-state index contributed by atoms with van der Waals surface area (Å²) in [6.07, 6.45) is 1.61. The molecule has 8 heteroatoms. The fraction of sp³-hybridized carbons (Fsp3) is 0.500. The summed E-state index contributed by atoms with van der Waals surface area (Å²) < 4.78 is 10.8. The Hall–Kier alpha value is -2.87. The van der Waals surface area contributed by atoms with Gasteiger partial charge in [-0.05, 0) is 31.1 Å². The van der Waals surface area contributed by atoms with Crippen LogP contribution in [0.25, 0.3) is 0 Å². The first-order chi connectivity index (χ1) is 14.4. The van der Waals surface area contributed by atoms with Gasteiger partial charge in [0.25, 0.3) is 0 Å². The van der Waals surface area contributed by atoms with Crippen molar-refractivity contribution in [2.45, 2.75) is 39.2 Å². The lowest BCUT2D eigenvalue weighted by molar-refractivity contribution is -0.149. The number of nitrogens with zero attached hydrogens (tertiary/aromatic N) is 1. The molecule has 1 saturated heterocycles. The summed E-state index contributed by atoms with van der Waals surface area (Å²) in [5.74, 6) is -0.456. The van der Waals surface area contributed by atoms with E-state index in [-0.39, 0.29) is 24.8 Å². The first-order valence-electron chi connectivity index (χ1n) is 10.2. The van der Waals surface area contributed by atoms with Gasteiger partial charge in [0.15, 0.2) is 0 Å². The molecule has 1 atom stereocenters. The van der Waals surface area contributed by atoms with Gasteiger partial charge in [0.1, 0.15) is 18.4 Å². The van der Waals surface area contributed by atoms with Crippen molar-refractivity contribution in [1.82, 2.24) is 10.2 Å². The van der Waals surface area contributed by atoms with Crippen LogP contribution in [0, 0.1) is 0 Å². The molecule has 164 valence electrons. The SMILES string of the molecule is C=C(C)COc1ccccc1NC(=O)CN1CCNC(=O)C1CC(=O)OCCCC. The van der Waals surface area contributed by atoms with Gasteiger partial charge in [0.2, 0.25) is 11.8 Å². The van der Waals surface area contributed by atoms with Crippen molar-refractivity contribution in [2.24, 2.45) is 0 Å². The first kappa shape index (κ1) is 23.4. The molecular formula is C22H31N3O5. The number of carbonyl (C=O) groups excluding carboxylic acids is 3. The Labute approximate surface area is 177 Å². The average Bonchev–Trinajstić information content (AvgIpc) is 2.70. The predicted octanol–water partition coefficient (Wildman–Crippen LogP) is 2.11. The zero-order valence-electron chi connectivity index (χ0n) is 17.7. The maximum atomic E-state index is 12.6. The standard InChI is InChI=1S/C22H31N3O5/c1-4-5-12-29-21(27)13-18-22(28)23-10-11-25(18)14-20(26)24-17-8-6-7-9-19(17)30-15-16(2)3/h6-9,18H,2,4-5,10-15H2,1,3H3,(H,23,28)(H,24,26). The second-order valence-corrected chi connectivity index (χ2v) is 7.35. The number of benzene rings is 1. The number of unbranched alkanes of at least 4 members (excludes halogenated alkanes) is 1. The number of amides is 2. The Bertz CT molecular complexity index is 765. The van der Waals surface area contributed by atoms with Crippen LogP contribution in [0.5, 0.6) is 5.75 Å². The summed E-state index contributed by atoms with van der Waals surface area (Å²) in [7, 11) is 0. The van der Waals surface area contributed by atoms with E-state index in [0.717, 1.165) is 18.4 Å². The van der Waals surface area contributed by atoms with E-state index in [4.69, 9.17) is 9.47 Å². The molecule has 1 aliphatic rings. The summed E-state index contributed by atoms with van der Waals surface area (Å²) in [5, 5.41) is 5.57. The van der Waals surface area contributed by atoms with Crippen molar-refractivity contribution in [3.05, 3.63) is 36.4 Å². The smallest absolute Gasteiger partial charge is 0.307 e. The van der Waals surface area contributed by atoms with E-state index in [2.05, 4.69) is 17.2 Å². The molecule has 8 nitrogen and oxygen atoms in total. The number of esters is 1. The van der Waals surface area contributed by atoms with Gasteiger partial charge < -0.3 is 20.1 Å². The summed E-state index contributed by atoms with van der Waals surface area (Å²) in [5.41, 5.74) is 1.41. The number of para-hydroxylation sites is 2. The molecule has 2 rings (SSSR count). The van der Waals surface area contributed by atoms with E-state index in [9.17, 15) is 14.4 Å². The highest BCUT2D eigenvalue weighted by Crippen LogP contribution is 2.24. The Balaban J connectivity index is 1.97. The molecule has 30 heavy (non-hydrogen) atoms. The van der Waals surface area contributed by atoms with Crippen LogP contribution in [0.2, 0.25) is 0 Å². The molecule has 1 aromatic carbocycles. The number of nitrogens with one attached hydrogen (secondary N) is 2. The number of ether oxygens (including phenoxy) is 2. The highest BCUT2D eigenvalue weighted by atomic mass is 16.5. The van der Waals surface area contributed by atoms with Crippen LogP contribution in [0.4, 0.5) is 5.69 Å². The normalized spacial score (nSPS) is 16.5. The molecule has 2 amide bonds. The lowest BCUT2D eigenvalue weighted by Crippen LogP contribution is -2.57. The summed E-state index contributed by atoms with van der Waals surface area (Å²) in [6.45, 7) is 9.23. The Morgan fingerprint density at radius 3 is 2.83 bits per heavy atom. The Kier molecular flexibility index (Phi) is 9.34. The van der Waals surface area contributed by atoms with Crippen molar-refractivity contribution >= 4 is 23.5 Å². The fourth-order valence-electron chi connectivity index (χ4n) is 2.99. The molecule has 0 aliphatic carbocycles. The minimum absolute atomic E-state index is 0.0187. The third-order valence-electron chi connectivity index (χ3n) is 4.54. The van der Waals surface area contributed by atoms with Crippen molar-refractivity contribution < 1.29 is 23.9 Å². The molecule has 0 saturated carbocycles. The van der Waals surface area contributed by atoms with Crippen molar-refractivity contribution in [1.29, 1.82) is 0 Å². The Morgan fingerprint density at radius 1 is 1.33 bits per heavy atom. The highest BCUT2D eigenvalue weighted by Gasteiger charge is 2.33. The van der Waals surface area contributed by atoms with Crippen LogP contribution < -0.4 is 15.4 Å². The Morgan fingerprint density at radius 2 is 2.10 bits per heavy atom. The van der Waals surface area contributed by atoms with Crippen molar-refractivity contribution in [2.75, 3.05) is 38.2 Å². The van der Waals surface area contributed by atoms with Crippen molar-refractivity contribution in [3.63, 3.8) is 0 Å². The van der Waals surface area contributed by atoms with Gasteiger partial charge in [-0.25, -0.2) is 0 Å². The van der Waals surface area contributed by atoms with Gasteiger partial charge in [0.05, 0.1) is 25.3 Å². The van der Waals surface area contributed by atoms with Crippen LogP contribution in [-0.4, -0.2) is 61.6 Å². The number of hydrogen-bond acceptors (Lipinski definition) is 6. The molecule has 0 radical (unpaired) electrons. The largest absolute Gasteiger partial charge is 0.487 e. The van der Waals surface area contributed by atoms with Crippen LogP contribution in [0.1, 0.15) is 33.1 Å². The molecule has 0 aromatic heterocycles. The lowest BCUT2D eigenvalue weighted by atomic mass is 10.1. The summed E-state index contributed by atoms with van der Waals surface area (Å²) >= 11 is 0. The number of hydrogen-bond donors (Lipinski definition) is 2. The van der Waals surface area contributed by atoms with Gasteiger partial charge >= 0.3 is 5.97 Å². The van der Waals surface area contributed by atoms with E-state index in [0.29, 0.717) is 37.7 Å². The molecular weight excluding hydrogens is 386 g/mol. The van der Waals surface area contributed by atoms with Gasteiger partial charge in [-0.3, -0.25) is 19.3 Å². The molecule has 1 unspecified atom stereocenters. The van der Waals surface area contributed by atoms with Crippen molar-refractivity contribution in [3.8, 4) is 5.75 Å². The molecule has 2 N–H and O–H groups in total. The van der Waals surface area contributed by atoms with Gasteiger partial charge in [-0.2, -0.15) is 0 Å². The van der Waals surface area contributed by atoms with Crippen LogP contribution in [0.3, 0.4) is 0 Å². The quantitative estimate of drug-likeness (QED) is 0.325. The van der Waals surface area contributed by atoms with Gasteiger partial charge in [0, 0.05) is 13.1 Å². The number of anilines is 1. The predicted molar refractivity (Wildman–Crippen MR) is 114 cm³/mol. The third kappa shape index (κ3) is 7.51. The lowest BCUT2D eigenvalue weighted by Gasteiger charge is -2.33. The van der Waals surface area contributed by atoms with Gasteiger partial charge in [-0.15, -0.1) is 0 Å². The zero-order chi connectivity index (χ0) is 21.9. The van der Waals surface area contributed by atoms with Gasteiger partial charge in [-0.1, -0.05) is 32.1 Å². The van der Waals surface area contributed by atoms with E-state index in [1.54, 1.807) is 23.1 Å². The van der Waals surface area contributed by atoms with Crippen LogP contribution >= 0.6 is 0 Å². The minimum Gasteiger partial charge on any atom is -0.487 e. The summed E-state index contributed by atoms with van der Waals surface area (Å²) in [4.78, 5) is 38.7. The molecule has 1 aromatic rings. The monoisotopic (exact) mass is 417 g/mol. The second-order valence-electron chi connectivity index (χ2n) is 7.35. The average molecular weight is 418 g/mol. The molecule has 1 fully saturated rings. The molecule has 1 aliphatic heterocycles. The van der Waals surface area contributed by atoms with E-state index in [1.165, 1.54) is 0 Å². The number of piperazine rings is 1. The maximum Gasteiger partial charge on any atom is 0.307 e. The zero-order valence-corrected chi connectivity index (χ0v) is 17.7. The highest BCUT2D eigenvalue weighted by molar-refractivity contribution is 5.94. The molecule has 1 heterocycles. The van der Waals surface area contributed by atoms with E-state index >= 15 is 0 Å². The topological polar surface area (TPSA) is 97.0 Å². The number of carbonyl (C=O) groups is 3.